The molecule has 9 heteroatoms. The standard InChI is InChI=1S/C16H19ClN6O2/c1-16(2,3)25-15(24)19-8-10-4-6-11(7-5-10)23-13-12(21-22-23)9-18-14(17)20-13/h4-7,9,21-22H,8H2,1-3H3,(H,19,24). The van der Waals surface area contributed by atoms with Crippen LogP contribution in [0.25, 0.3) is 0 Å². The monoisotopic (exact) mass is 362 g/mol. The highest BCUT2D eigenvalue weighted by Gasteiger charge is 2.22. The lowest BCUT2D eigenvalue weighted by molar-refractivity contribution is 0.0523. The Labute approximate surface area is 150 Å². The Morgan fingerprint density at radius 1 is 1.32 bits per heavy atom. The Balaban J connectivity index is 1.64. The predicted molar refractivity (Wildman–Crippen MR) is 95.5 cm³/mol. The first-order valence-electron chi connectivity index (χ1n) is 7.72. The number of carbonyl (C=O) groups excluding carboxylic acids is 1. The second-order valence-corrected chi connectivity index (χ2v) is 6.81. The zero-order valence-electron chi connectivity index (χ0n) is 14.1. The number of fused-ring (bicyclic) bond motifs is 1. The first-order valence-corrected chi connectivity index (χ1v) is 8.10. The van der Waals surface area contributed by atoms with Crippen LogP contribution in [0.3, 0.4) is 0 Å². The summed E-state index contributed by atoms with van der Waals surface area (Å²) in [7, 11) is 0. The van der Waals surface area contributed by atoms with E-state index in [1.54, 1.807) is 11.2 Å². The summed E-state index contributed by atoms with van der Waals surface area (Å²) >= 11 is 5.86. The van der Waals surface area contributed by atoms with Crippen molar-refractivity contribution in [1.29, 1.82) is 0 Å². The highest BCUT2D eigenvalue weighted by molar-refractivity contribution is 6.28. The number of amides is 1. The minimum atomic E-state index is -0.515. The van der Waals surface area contributed by atoms with Crippen LogP contribution in [0.5, 0.6) is 0 Å². The Hall–Kier alpha value is -2.58. The van der Waals surface area contributed by atoms with E-state index in [4.69, 9.17) is 16.3 Å². The van der Waals surface area contributed by atoms with Crippen LogP contribution in [0.2, 0.25) is 5.28 Å². The van der Waals surface area contributed by atoms with Gasteiger partial charge in [0.05, 0.1) is 11.9 Å². The molecule has 1 aromatic heterocycles. The molecule has 0 unspecified atom stereocenters. The third-order valence-electron chi connectivity index (χ3n) is 3.28. The number of hydrazine groups is 2. The maximum atomic E-state index is 11.7. The van der Waals surface area contributed by atoms with Crippen molar-refractivity contribution in [1.82, 2.24) is 20.8 Å². The molecule has 0 saturated heterocycles. The number of halogens is 1. The lowest BCUT2D eigenvalue weighted by Gasteiger charge is -2.20. The third kappa shape index (κ3) is 4.28. The van der Waals surface area contributed by atoms with Crippen molar-refractivity contribution in [3.63, 3.8) is 0 Å². The SMILES string of the molecule is CC(C)(C)OC(=O)NCc1ccc(N2NNc3cnc(Cl)nc32)cc1. The third-order valence-corrected chi connectivity index (χ3v) is 3.47. The Kier molecular flexibility index (Phi) is 4.65. The summed E-state index contributed by atoms with van der Waals surface area (Å²) in [5, 5.41) is 4.66. The summed E-state index contributed by atoms with van der Waals surface area (Å²) in [5.41, 5.74) is 8.00. The molecule has 0 saturated carbocycles. The van der Waals surface area contributed by atoms with E-state index in [0.717, 1.165) is 16.9 Å². The number of rotatable bonds is 3. The van der Waals surface area contributed by atoms with Crippen molar-refractivity contribution < 1.29 is 9.53 Å². The Morgan fingerprint density at radius 3 is 2.72 bits per heavy atom. The maximum Gasteiger partial charge on any atom is 0.407 e. The minimum Gasteiger partial charge on any atom is -0.444 e. The molecule has 25 heavy (non-hydrogen) atoms. The van der Waals surface area contributed by atoms with Gasteiger partial charge in [0, 0.05) is 6.54 Å². The summed E-state index contributed by atoms with van der Waals surface area (Å²) < 4.78 is 5.21. The van der Waals surface area contributed by atoms with E-state index in [1.165, 1.54) is 0 Å². The van der Waals surface area contributed by atoms with Gasteiger partial charge in [-0.25, -0.2) is 14.8 Å². The van der Waals surface area contributed by atoms with E-state index in [0.29, 0.717) is 12.4 Å². The summed E-state index contributed by atoms with van der Waals surface area (Å²) in [6, 6.07) is 7.64. The molecule has 0 bridgehead atoms. The lowest BCUT2D eigenvalue weighted by Crippen LogP contribution is -2.32. The van der Waals surface area contributed by atoms with Crippen LogP contribution in [0.15, 0.2) is 30.5 Å². The van der Waals surface area contributed by atoms with E-state index in [9.17, 15) is 4.79 Å². The fraction of sp³-hybridized carbons (Fsp3) is 0.312. The van der Waals surface area contributed by atoms with E-state index in [2.05, 4.69) is 26.2 Å². The van der Waals surface area contributed by atoms with Gasteiger partial charge in [-0.1, -0.05) is 12.1 Å². The van der Waals surface area contributed by atoms with Gasteiger partial charge in [-0.15, -0.1) is 5.53 Å². The number of carbonyl (C=O) groups is 1. The number of nitrogens with one attached hydrogen (secondary N) is 3. The zero-order chi connectivity index (χ0) is 18.0. The molecule has 2 heterocycles. The van der Waals surface area contributed by atoms with E-state index >= 15 is 0 Å². The van der Waals surface area contributed by atoms with Gasteiger partial charge >= 0.3 is 6.09 Å². The number of nitrogens with zero attached hydrogens (tertiary/aromatic N) is 3. The second kappa shape index (κ2) is 6.73. The van der Waals surface area contributed by atoms with Crippen LogP contribution in [0, 0.1) is 0 Å². The number of hydrogen-bond acceptors (Lipinski definition) is 7. The molecule has 132 valence electrons. The highest BCUT2D eigenvalue weighted by atomic mass is 35.5. The summed E-state index contributed by atoms with van der Waals surface area (Å²) in [6.45, 7) is 5.86. The normalized spacial score (nSPS) is 13.2. The van der Waals surface area contributed by atoms with Gasteiger partial charge in [-0.3, -0.25) is 5.43 Å². The number of anilines is 3. The minimum absolute atomic E-state index is 0.174. The molecule has 8 nitrogen and oxygen atoms in total. The van der Waals surface area contributed by atoms with Gasteiger partial charge in [-0.05, 0) is 50.1 Å². The van der Waals surface area contributed by atoms with Gasteiger partial charge in [0.25, 0.3) is 0 Å². The number of hydrogen-bond donors (Lipinski definition) is 3. The number of alkyl carbamates (subject to hydrolysis) is 1. The molecule has 3 rings (SSSR count). The summed E-state index contributed by atoms with van der Waals surface area (Å²) in [6.07, 6.45) is 1.17. The molecule has 0 fully saturated rings. The van der Waals surface area contributed by atoms with Crippen LogP contribution in [0.1, 0.15) is 26.3 Å². The van der Waals surface area contributed by atoms with Crippen molar-refractivity contribution in [2.45, 2.75) is 32.9 Å². The quantitative estimate of drug-likeness (QED) is 0.722. The number of benzene rings is 1. The molecule has 1 amide bonds. The van der Waals surface area contributed by atoms with Crippen molar-refractivity contribution in [2.24, 2.45) is 0 Å². The largest absolute Gasteiger partial charge is 0.444 e. The van der Waals surface area contributed by atoms with Crippen LogP contribution >= 0.6 is 11.6 Å². The smallest absolute Gasteiger partial charge is 0.407 e. The second-order valence-electron chi connectivity index (χ2n) is 6.47. The predicted octanol–water partition coefficient (Wildman–Crippen LogP) is 3.14. The highest BCUT2D eigenvalue weighted by Crippen LogP contribution is 2.32. The van der Waals surface area contributed by atoms with Crippen molar-refractivity contribution >= 4 is 34.9 Å². The Bertz CT molecular complexity index is 775. The molecule has 0 radical (unpaired) electrons. The fourth-order valence-corrected chi connectivity index (χ4v) is 2.35. The van der Waals surface area contributed by atoms with Crippen molar-refractivity contribution in [3.8, 4) is 0 Å². The molecule has 3 N–H and O–H groups in total. The summed E-state index contributed by atoms with van der Waals surface area (Å²) in [4.78, 5) is 19.8. The topological polar surface area (TPSA) is 91.4 Å². The lowest BCUT2D eigenvalue weighted by atomic mass is 10.2. The van der Waals surface area contributed by atoms with Crippen LogP contribution in [0.4, 0.5) is 22.0 Å². The fourth-order valence-electron chi connectivity index (χ4n) is 2.22. The van der Waals surface area contributed by atoms with Crippen LogP contribution in [-0.4, -0.2) is 21.7 Å². The van der Waals surface area contributed by atoms with Gasteiger partial charge in [0.2, 0.25) is 5.28 Å². The Morgan fingerprint density at radius 2 is 2.04 bits per heavy atom. The molecule has 1 aliphatic rings. The van der Waals surface area contributed by atoms with Crippen LogP contribution in [-0.2, 0) is 11.3 Å². The molecule has 0 atom stereocenters. The molecular weight excluding hydrogens is 344 g/mol. The van der Waals surface area contributed by atoms with Gasteiger partial charge in [0.1, 0.15) is 11.3 Å². The molecule has 1 aromatic carbocycles. The van der Waals surface area contributed by atoms with Gasteiger partial charge < -0.3 is 10.1 Å². The average Bonchev–Trinajstić information content (AvgIpc) is 2.95. The van der Waals surface area contributed by atoms with E-state index in [-0.39, 0.29) is 5.28 Å². The number of aromatic nitrogens is 2. The average molecular weight is 363 g/mol. The molecule has 0 aliphatic carbocycles. The molecular formula is C16H19ClN6O2. The van der Waals surface area contributed by atoms with Crippen molar-refractivity contribution in [2.75, 3.05) is 10.4 Å². The van der Waals surface area contributed by atoms with Gasteiger partial charge in [-0.2, -0.15) is 4.98 Å². The number of ether oxygens (including phenoxy) is 1. The molecule has 0 spiro atoms. The maximum absolute atomic E-state index is 11.7. The van der Waals surface area contributed by atoms with Crippen LogP contribution < -0.4 is 21.3 Å². The first-order chi connectivity index (χ1) is 11.8. The van der Waals surface area contributed by atoms with Gasteiger partial charge in [0.15, 0.2) is 5.82 Å². The first kappa shape index (κ1) is 17.2. The summed E-state index contributed by atoms with van der Waals surface area (Å²) in [5.74, 6) is 0.639. The zero-order valence-corrected chi connectivity index (χ0v) is 14.9. The molecule has 2 aromatic rings. The van der Waals surface area contributed by atoms with Crippen molar-refractivity contribution in [3.05, 3.63) is 41.3 Å². The molecule has 1 aliphatic heterocycles. The van der Waals surface area contributed by atoms with E-state index in [1.807, 2.05) is 45.0 Å². The van der Waals surface area contributed by atoms with E-state index < -0.39 is 11.7 Å².